The van der Waals surface area contributed by atoms with E-state index in [9.17, 15) is 4.39 Å². The third-order valence-electron chi connectivity index (χ3n) is 2.21. The first kappa shape index (κ1) is 11.9. The Hall–Kier alpha value is -1.57. The third-order valence-corrected chi connectivity index (χ3v) is 3.44. The fourth-order valence-electron chi connectivity index (χ4n) is 1.41. The number of halogens is 2. The van der Waals surface area contributed by atoms with Crippen LogP contribution in [0.15, 0.2) is 30.3 Å². The first-order chi connectivity index (χ1) is 8.20. The molecular weight excluding hydrogens is 259 g/mol. The van der Waals surface area contributed by atoms with Crippen molar-refractivity contribution >= 4 is 28.6 Å². The van der Waals surface area contributed by atoms with Crippen molar-refractivity contribution in [2.45, 2.75) is 6.54 Å². The van der Waals surface area contributed by atoms with Crippen LogP contribution >= 0.6 is 22.9 Å². The summed E-state index contributed by atoms with van der Waals surface area (Å²) in [4.78, 5) is 1.03. The molecule has 0 unspecified atom stereocenters. The monoisotopic (exact) mass is 266 g/mol. The minimum atomic E-state index is -0.512. The van der Waals surface area contributed by atoms with Gasteiger partial charge in [-0.05, 0) is 24.3 Å². The van der Waals surface area contributed by atoms with Gasteiger partial charge in [0.15, 0.2) is 0 Å². The van der Waals surface area contributed by atoms with E-state index in [1.165, 1.54) is 17.4 Å². The lowest BCUT2D eigenvalue weighted by molar-refractivity contribution is 0.624. The Bertz CT molecular complexity index is 574. The molecule has 2 aromatic rings. The SMILES string of the molecule is N#Cc1c(F)cccc1NCc1ccc(Cl)s1. The molecule has 0 aliphatic heterocycles. The fourth-order valence-corrected chi connectivity index (χ4v) is 2.44. The molecule has 0 radical (unpaired) electrons. The Morgan fingerprint density at radius 1 is 1.35 bits per heavy atom. The van der Waals surface area contributed by atoms with Crippen molar-refractivity contribution in [3.05, 3.63) is 50.9 Å². The molecule has 86 valence electrons. The normalized spacial score (nSPS) is 9.94. The molecule has 0 saturated carbocycles. The van der Waals surface area contributed by atoms with E-state index in [0.717, 1.165) is 4.88 Å². The molecule has 1 N–H and O–H groups in total. The molecule has 0 bridgehead atoms. The minimum Gasteiger partial charge on any atom is -0.379 e. The molecule has 0 saturated heterocycles. The maximum Gasteiger partial charge on any atom is 0.143 e. The van der Waals surface area contributed by atoms with Crippen LogP contribution in [0.1, 0.15) is 10.4 Å². The average Bonchev–Trinajstić information content (AvgIpc) is 2.72. The minimum absolute atomic E-state index is 0.0372. The third kappa shape index (κ3) is 2.76. The maximum absolute atomic E-state index is 13.3. The van der Waals surface area contributed by atoms with Crippen LogP contribution in [0.25, 0.3) is 0 Å². The highest BCUT2D eigenvalue weighted by atomic mass is 35.5. The summed E-state index contributed by atoms with van der Waals surface area (Å²) >= 11 is 7.26. The highest BCUT2D eigenvalue weighted by Gasteiger charge is 2.07. The van der Waals surface area contributed by atoms with Crippen LogP contribution in [0.4, 0.5) is 10.1 Å². The second kappa shape index (κ2) is 5.17. The molecule has 1 aromatic heterocycles. The molecule has 1 heterocycles. The Labute approximate surface area is 107 Å². The predicted molar refractivity (Wildman–Crippen MR) is 67.8 cm³/mol. The van der Waals surface area contributed by atoms with E-state index >= 15 is 0 Å². The highest BCUT2D eigenvalue weighted by molar-refractivity contribution is 7.16. The van der Waals surface area contributed by atoms with E-state index < -0.39 is 5.82 Å². The molecule has 0 atom stereocenters. The van der Waals surface area contributed by atoms with Crippen LogP contribution in [-0.2, 0) is 6.54 Å². The molecule has 1 aromatic carbocycles. The molecule has 2 nitrogen and oxygen atoms in total. The van der Waals surface area contributed by atoms with E-state index in [4.69, 9.17) is 16.9 Å². The van der Waals surface area contributed by atoms with Crippen molar-refractivity contribution in [2.24, 2.45) is 0 Å². The lowest BCUT2D eigenvalue weighted by atomic mass is 10.2. The van der Waals surface area contributed by atoms with Gasteiger partial charge in [-0.1, -0.05) is 17.7 Å². The Morgan fingerprint density at radius 2 is 2.18 bits per heavy atom. The van der Waals surface area contributed by atoms with Gasteiger partial charge in [-0.15, -0.1) is 11.3 Å². The number of thiophene rings is 1. The molecule has 0 fully saturated rings. The number of nitrogens with zero attached hydrogens (tertiary/aromatic N) is 1. The van der Waals surface area contributed by atoms with Gasteiger partial charge in [0, 0.05) is 11.4 Å². The van der Waals surface area contributed by atoms with Gasteiger partial charge in [0.2, 0.25) is 0 Å². The molecule has 0 aliphatic carbocycles. The van der Waals surface area contributed by atoms with Crippen molar-refractivity contribution in [3.8, 4) is 6.07 Å². The van der Waals surface area contributed by atoms with Gasteiger partial charge in [0.25, 0.3) is 0 Å². The van der Waals surface area contributed by atoms with Gasteiger partial charge < -0.3 is 5.32 Å². The lowest BCUT2D eigenvalue weighted by Crippen LogP contribution is -2.00. The van der Waals surface area contributed by atoms with Crippen molar-refractivity contribution in [2.75, 3.05) is 5.32 Å². The zero-order chi connectivity index (χ0) is 12.3. The zero-order valence-corrected chi connectivity index (χ0v) is 10.3. The Kier molecular flexibility index (Phi) is 3.62. The summed E-state index contributed by atoms with van der Waals surface area (Å²) in [7, 11) is 0. The smallest absolute Gasteiger partial charge is 0.143 e. The molecule has 2 rings (SSSR count). The number of rotatable bonds is 3. The van der Waals surface area contributed by atoms with Crippen LogP contribution in [-0.4, -0.2) is 0 Å². The van der Waals surface area contributed by atoms with E-state index in [0.29, 0.717) is 16.6 Å². The Morgan fingerprint density at radius 3 is 2.82 bits per heavy atom. The second-order valence-electron chi connectivity index (χ2n) is 3.33. The lowest BCUT2D eigenvalue weighted by Gasteiger charge is -2.06. The Balaban J connectivity index is 2.14. The van der Waals surface area contributed by atoms with Crippen LogP contribution in [0.3, 0.4) is 0 Å². The number of nitriles is 1. The van der Waals surface area contributed by atoms with E-state index in [-0.39, 0.29) is 5.56 Å². The van der Waals surface area contributed by atoms with Gasteiger partial charge >= 0.3 is 0 Å². The molecule has 0 amide bonds. The van der Waals surface area contributed by atoms with Crippen molar-refractivity contribution in [1.82, 2.24) is 0 Å². The number of hydrogen-bond acceptors (Lipinski definition) is 3. The largest absolute Gasteiger partial charge is 0.379 e. The molecule has 17 heavy (non-hydrogen) atoms. The summed E-state index contributed by atoms with van der Waals surface area (Å²) in [5, 5.41) is 11.9. The summed E-state index contributed by atoms with van der Waals surface area (Å²) in [6, 6.07) is 10.1. The second-order valence-corrected chi connectivity index (χ2v) is 5.13. The number of anilines is 1. The number of hydrogen-bond donors (Lipinski definition) is 1. The van der Waals surface area contributed by atoms with Crippen LogP contribution < -0.4 is 5.32 Å². The van der Waals surface area contributed by atoms with Crippen molar-refractivity contribution in [3.63, 3.8) is 0 Å². The van der Waals surface area contributed by atoms with Crippen LogP contribution in [0.2, 0.25) is 4.34 Å². The van der Waals surface area contributed by atoms with Crippen LogP contribution in [0, 0.1) is 17.1 Å². The van der Waals surface area contributed by atoms with Crippen molar-refractivity contribution < 1.29 is 4.39 Å². The molecule has 0 aliphatic rings. The first-order valence-electron chi connectivity index (χ1n) is 4.87. The topological polar surface area (TPSA) is 35.8 Å². The number of nitrogens with one attached hydrogen (secondary N) is 1. The van der Waals surface area contributed by atoms with Gasteiger partial charge in [-0.2, -0.15) is 5.26 Å². The average molecular weight is 267 g/mol. The van der Waals surface area contributed by atoms with E-state index in [1.54, 1.807) is 18.2 Å². The zero-order valence-electron chi connectivity index (χ0n) is 8.71. The fraction of sp³-hybridized carbons (Fsp3) is 0.0833. The van der Waals surface area contributed by atoms with Gasteiger partial charge in [0.1, 0.15) is 17.4 Å². The van der Waals surface area contributed by atoms with Crippen LogP contribution in [0.5, 0.6) is 0 Å². The first-order valence-corrected chi connectivity index (χ1v) is 6.07. The summed E-state index contributed by atoms with van der Waals surface area (Å²) in [6.07, 6.45) is 0. The summed E-state index contributed by atoms with van der Waals surface area (Å²) in [5.41, 5.74) is 0.534. The van der Waals surface area contributed by atoms with E-state index in [2.05, 4.69) is 5.32 Å². The van der Waals surface area contributed by atoms with Gasteiger partial charge in [-0.25, -0.2) is 4.39 Å². The van der Waals surface area contributed by atoms with Gasteiger partial charge in [0.05, 0.1) is 10.0 Å². The molecular formula is C12H8ClFN2S. The summed E-state index contributed by atoms with van der Waals surface area (Å²) < 4.78 is 14.0. The van der Waals surface area contributed by atoms with E-state index in [1.807, 2.05) is 12.1 Å². The quantitative estimate of drug-likeness (QED) is 0.911. The summed E-state index contributed by atoms with van der Waals surface area (Å²) in [6.45, 7) is 0.523. The van der Waals surface area contributed by atoms with Gasteiger partial charge in [-0.3, -0.25) is 0 Å². The highest BCUT2D eigenvalue weighted by Crippen LogP contribution is 2.23. The number of benzene rings is 1. The standard InChI is InChI=1S/C12H8ClFN2S/c13-12-5-4-8(17-12)7-16-11-3-1-2-10(14)9(11)6-15/h1-5,16H,7H2. The molecule has 5 heteroatoms. The molecule has 0 spiro atoms. The summed E-state index contributed by atoms with van der Waals surface area (Å²) in [5.74, 6) is -0.512. The predicted octanol–water partition coefficient (Wildman–Crippen LogP) is 4.02. The van der Waals surface area contributed by atoms with Crippen molar-refractivity contribution in [1.29, 1.82) is 5.26 Å². The maximum atomic E-state index is 13.3.